The Morgan fingerprint density at radius 2 is 2.00 bits per heavy atom. The first kappa shape index (κ1) is 15.5. The number of rotatable bonds is 3. The van der Waals surface area contributed by atoms with Gasteiger partial charge in [0.15, 0.2) is 5.11 Å². The zero-order valence-electron chi connectivity index (χ0n) is 11.9. The van der Waals surface area contributed by atoms with E-state index < -0.39 is 0 Å². The molecular formula is C16H16ClN3S. The predicted molar refractivity (Wildman–Crippen MR) is 94.3 cm³/mol. The van der Waals surface area contributed by atoms with E-state index in [2.05, 4.69) is 28.8 Å². The number of anilines is 1. The van der Waals surface area contributed by atoms with Crippen LogP contribution in [0.4, 0.5) is 5.69 Å². The second-order valence-corrected chi connectivity index (χ2v) is 5.54. The van der Waals surface area contributed by atoms with Gasteiger partial charge in [-0.25, -0.2) is 0 Å². The van der Waals surface area contributed by atoms with Crippen molar-refractivity contribution >= 4 is 40.8 Å². The van der Waals surface area contributed by atoms with E-state index in [1.165, 1.54) is 5.56 Å². The molecule has 21 heavy (non-hydrogen) atoms. The van der Waals surface area contributed by atoms with Crippen LogP contribution >= 0.6 is 23.8 Å². The average Bonchev–Trinajstić information content (AvgIpc) is 2.42. The molecule has 0 saturated carbocycles. The molecule has 0 atom stereocenters. The number of nitrogens with zero attached hydrogens (tertiary/aromatic N) is 1. The summed E-state index contributed by atoms with van der Waals surface area (Å²) in [4.78, 5) is 0. The van der Waals surface area contributed by atoms with E-state index in [1.54, 1.807) is 6.21 Å². The monoisotopic (exact) mass is 317 g/mol. The van der Waals surface area contributed by atoms with Crippen LogP contribution in [0.1, 0.15) is 16.7 Å². The SMILES string of the molecule is Cc1ccc(NC(=S)NN=Cc2cccc(Cl)c2)c(C)c1. The third-order valence-corrected chi connectivity index (χ3v) is 3.29. The number of hydrogen-bond donors (Lipinski definition) is 2. The van der Waals surface area contributed by atoms with Gasteiger partial charge in [0.05, 0.1) is 6.21 Å². The van der Waals surface area contributed by atoms with Crippen LogP contribution in [-0.4, -0.2) is 11.3 Å². The number of hydrogen-bond acceptors (Lipinski definition) is 2. The summed E-state index contributed by atoms with van der Waals surface area (Å²) in [7, 11) is 0. The molecule has 0 radical (unpaired) electrons. The first-order valence-electron chi connectivity index (χ1n) is 6.47. The van der Waals surface area contributed by atoms with Crippen molar-refractivity contribution in [1.29, 1.82) is 0 Å². The molecule has 0 aliphatic carbocycles. The van der Waals surface area contributed by atoms with Gasteiger partial charge in [0.1, 0.15) is 0 Å². The van der Waals surface area contributed by atoms with E-state index in [4.69, 9.17) is 23.8 Å². The third kappa shape index (κ3) is 4.85. The molecule has 0 unspecified atom stereocenters. The van der Waals surface area contributed by atoms with Crippen LogP contribution in [0.3, 0.4) is 0 Å². The van der Waals surface area contributed by atoms with Gasteiger partial charge >= 0.3 is 0 Å². The van der Waals surface area contributed by atoms with Gasteiger partial charge in [0, 0.05) is 10.7 Å². The lowest BCUT2D eigenvalue weighted by atomic mass is 10.1. The lowest BCUT2D eigenvalue weighted by molar-refractivity contribution is 1.05. The van der Waals surface area contributed by atoms with Gasteiger partial charge in [-0.3, -0.25) is 5.43 Å². The molecule has 0 aromatic heterocycles. The Labute approximate surface area is 135 Å². The van der Waals surface area contributed by atoms with E-state index >= 15 is 0 Å². The van der Waals surface area contributed by atoms with Crippen molar-refractivity contribution in [3.05, 3.63) is 64.2 Å². The summed E-state index contributed by atoms with van der Waals surface area (Å²) in [5, 5.41) is 8.32. The Bertz CT molecular complexity index is 683. The summed E-state index contributed by atoms with van der Waals surface area (Å²) in [6.45, 7) is 4.09. The first-order chi connectivity index (χ1) is 10.0. The molecule has 0 fully saturated rings. The van der Waals surface area contributed by atoms with Crippen LogP contribution in [0.15, 0.2) is 47.6 Å². The highest BCUT2D eigenvalue weighted by Gasteiger charge is 2.00. The predicted octanol–water partition coefficient (Wildman–Crippen LogP) is 4.28. The lowest BCUT2D eigenvalue weighted by Crippen LogP contribution is -2.24. The van der Waals surface area contributed by atoms with Crippen molar-refractivity contribution in [2.24, 2.45) is 5.10 Å². The summed E-state index contributed by atoms with van der Waals surface area (Å²) >= 11 is 11.1. The molecule has 2 aromatic carbocycles. The Morgan fingerprint density at radius 1 is 1.19 bits per heavy atom. The molecule has 0 saturated heterocycles. The highest BCUT2D eigenvalue weighted by atomic mass is 35.5. The zero-order valence-corrected chi connectivity index (χ0v) is 13.4. The van der Waals surface area contributed by atoms with Gasteiger partial charge in [-0.15, -0.1) is 0 Å². The maximum atomic E-state index is 5.90. The highest BCUT2D eigenvalue weighted by Crippen LogP contribution is 2.15. The molecule has 0 amide bonds. The molecule has 0 aliphatic rings. The maximum absolute atomic E-state index is 5.90. The molecule has 0 heterocycles. The van der Waals surface area contributed by atoms with Crippen molar-refractivity contribution in [1.82, 2.24) is 5.43 Å². The van der Waals surface area contributed by atoms with Gasteiger partial charge in [-0.1, -0.05) is 41.4 Å². The van der Waals surface area contributed by atoms with E-state index in [9.17, 15) is 0 Å². The Balaban J connectivity index is 1.93. The van der Waals surface area contributed by atoms with E-state index in [0.29, 0.717) is 10.1 Å². The normalized spacial score (nSPS) is 10.6. The van der Waals surface area contributed by atoms with Crippen LogP contribution in [0.5, 0.6) is 0 Å². The molecule has 0 spiro atoms. The second-order valence-electron chi connectivity index (χ2n) is 4.70. The van der Waals surface area contributed by atoms with E-state index in [-0.39, 0.29) is 0 Å². The fourth-order valence-corrected chi connectivity index (χ4v) is 2.22. The van der Waals surface area contributed by atoms with Crippen molar-refractivity contribution in [2.45, 2.75) is 13.8 Å². The zero-order chi connectivity index (χ0) is 15.2. The number of hydrazone groups is 1. The van der Waals surface area contributed by atoms with Crippen LogP contribution in [0.2, 0.25) is 5.02 Å². The largest absolute Gasteiger partial charge is 0.331 e. The molecule has 2 rings (SSSR count). The summed E-state index contributed by atoms with van der Waals surface area (Å²) in [6.07, 6.45) is 1.67. The van der Waals surface area contributed by atoms with Crippen molar-refractivity contribution < 1.29 is 0 Å². The van der Waals surface area contributed by atoms with Crippen molar-refractivity contribution in [2.75, 3.05) is 5.32 Å². The van der Waals surface area contributed by atoms with Crippen LogP contribution in [0, 0.1) is 13.8 Å². The quantitative estimate of drug-likeness (QED) is 0.504. The summed E-state index contributed by atoms with van der Waals surface area (Å²) in [5.74, 6) is 0. The van der Waals surface area contributed by atoms with Crippen LogP contribution in [-0.2, 0) is 0 Å². The molecule has 2 aromatic rings. The summed E-state index contributed by atoms with van der Waals surface area (Å²) in [6, 6.07) is 13.6. The fraction of sp³-hybridized carbons (Fsp3) is 0.125. The minimum Gasteiger partial charge on any atom is -0.331 e. The Hall–Kier alpha value is -1.91. The molecule has 3 nitrogen and oxygen atoms in total. The standard InChI is InChI=1S/C16H16ClN3S/c1-11-6-7-15(12(2)8-11)19-16(21)20-18-10-13-4-3-5-14(17)9-13/h3-10H,1-2H3,(H2,19,20,21). The topological polar surface area (TPSA) is 36.4 Å². The average molecular weight is 318 g/mol. The summed E-state index contributed by atoms with van der Waals surface area (Å²) < 4.78 is 0. The van der Waals surface area contributed by atoms with Gasteiger partial charge in [-0.05, 0) is 55.4 Å². The fourth-order valence-electron chi connectivity index (χ4n) is 1.86. The molecule has 0 bridgehead atoms. The minimum atomic E-state index is 0.445. The smallest absolute Gasteiger partial charge is 0.191 e. The molecule has 5 heteroatoms. The van der Waals surface area contributed by atoms with E-state index in [0.717, 1.165) is 16.8 Å². The van der Waals surface area contributed by atoms with Gasteiger partial charge < -0.3 is 5.32 Å². The number of nitrogens with one attached hydrogen (secondary N) is 2. The molecule has 108 valence electrons. The van der Waals surface area contributed by atoms with Crippen molar-refractivity contribution in [3.63, 3.8) is 0 Å². The lowest BCUT2D eigenvalue weighted by Gasteiger charge is -2.10. The van der Waals surface area contributed by atoms with Crippen molar-refractivity contribution in [3.8, 4) is 0 Å². The van der Waals surface area contributed by atoms with E-state index in [1.807, 2.05) is 43.3 Å². The third-order valence-electron chi connectivity index (χ3n) is 2.86. The highest BCUT2D eigenvalue weighted by molar-refractivity contribution is 7.80. The first-order valence-corrected chi connectivity index (χ1v) is 7.26. The van der Waals surface area contributed by atoms with Crippen LogP contribution < -0.4 is 10.7 Å². The minimum absolute atomic E-state index is 0.445. The van der Waals surface area contributed by atoms with Gasteiger partial charge in [0.25, 0.3) is 0 Å². The molecule has 2 N–H and O–H groups in total. The Morgan fingerprint density at radius 3 is 2.71 bits per heavy atom. The van der Waals surface area contributed by atoms with Gasteiger partial charge in [0.2, 0.25) is 0 Å². The number of halogens is 1. The second kappa shape index (κ2) is 7.20. The maximum Gasteiger partial charge on any atom is 0.191 e. The number of thiocarbonyl (C=S) groups is 1. The molecular weight excluding hydrogens is 302 g/mol. The van der Waals surface area contributed by atoms with Gasteiger partial charge in [-0.2, -0.15) is 5.10 Å². The number of benzene rings is 2. The van der Waals surface area contributed by atoms with Crippen LogP contribution in [0.25, 0.3) is 0 Å². The Kier molecular flexibility index (Phi) is 5.31. The summed E-state index contributed by atoms with van der Waals surface area (Å²) in [5.41, 5.74) is 7.02. The molecule has 0 aliphatic heterocycles. The number of aryl methyl sites for hydroxylation is 2.